The van der Waals surface area contributed by atoms with E-state index in [-0.39, 0.29) is 18.2 Å². The molecule has 0 aromatic carbocycles. The Bertz CT molecular complexity index is 694. The summed E-state index contributed by atoms with van der Waals surface area (Å²) in [7, 11) is 0. The molecule has 0 radical (unpaired) electrons. The van der Waals surface area contributed by atoms with Crippen LogP contribution in [0.15, 0.2) is 12.4 Å². The van der Waals surface area contributed by atoms with Crippen LogP contribution in [0.1, 0.15) is 24.5 Å². The zero-order valence-corrected chi connectivity index (χ0v) is 13.3. The van der Waals surface area contributed by atoms with Gasteiger partial charge in [-0.05, 0) is 29.2 Å². The van der Waals surface area contributed by atoms with Gasteiger partial charge in [-0.1, -0.05) is 14.5 Å². The number of nitro groups is 2. The highest BCUT2D eigenvalue weighted by Gasteiger charge is 2.33. The summed E-state index contributed by atoms with van der Waals surface area (Å²) in [4.78, 5) is 29.3. The van der Waals surface area contributed by atoms with E-state index >= 15 is 0 Å². The number of nitrogens with zero attached hydrogens (tertiary/aromatic N) is 7. The molecule has 12 heteroatoms. The molecule has 2 aromatic heterocycles. The Morgan fingerprint density at radius 3 is 1.88 bits per heavy atom. The Kier molecular flexibility index (Phi) is 5.08. The van der Waals surface area contributed by atoms with Gasteiger partial charge in [-0.25, -0.2) is 9.97 Å². The maximum Gasteiger partial charge on any atom is 0.369 e. The van der Waals surface area contributed by atoms with Gasteiger partial charge in [0.25, 0.3) is 0 Å². The molecule has 0 aliphatic rings. The lowest BCUT2D eigenvalue weighted by atomic mass is 10.3. The van der Waals surface area contributed by atoms with Crippen LogP contribution in [0.5, 0.6) is 0 Å². The van der Waals surface area contributed by atoms with Gasteiger partial charge in [0.15, 0.2) is 0 Å². The molecule has 12 nitrogen and oxygen atoms in total. The van der Waals surface area contributed by atoms with Crippen LogP contribution in [-0.4, -0.2) is 42.3 Å². The van der Waals surface area contributed by atoms with Gasteiger partial charge in [0, 0.05) is 13.8 Å². The normalized spacial score (nSPS) is 10.8. The summed E-state index contributed by atoms with van der Waals surface area (Å²) < 4.78 is 2.47. The lowest BCUT2D eigenvalue weighted by molar-refractivity contribution is -0.395. The van der Waals surface area contributed by atoms with Gasteiger partial charge in [0.05, 0.1) is 6.54 Å². The van der Waals surface area contributed by atoms with Crippen LogP contribution >= 0.6 is 0 Å². The van der Waals surface area contributed by atoms with Gasteiger partial charge in [0.2, 0.25) is 11.6 Å². The number of hydrogen-bond donors (Lipinski definition) is 1. The fourth-order valence-electron chi connectivity index (χ4n) is 2.36. The zero-order chi connectivity index (χ0) is 17.9. The summed E-state index contributed by atoms with van der Waals surface area (Å²) in [6.07, 6.45) is 3.48. The standard InChI is InChI=1S/C12H18N8O4/c1-9-14-7-11(19(21)22)17(9)16(6-4-3-5-13)18-10(2)15-8-12(18)20(23)24/h7-8H,3-6,13H2,1-2H3. The van der Waals surface area contributed by atoms with Gasteiger partial charge in [-0.3, -0.25) is 0 Å². The smallest absolute Gasteiger partial charge is 0.358 e. The molecular formula is C12H18N8O4. The molecule has 2 N–H and O–H groups in total. The van der Waals surface area contributed by atoms with E-state index in [1.807, 2.05) is 0 Å². The molecule has 0 saturated carbocycles. The van der Waals surface area contributed by atoms with Crippen molar-refractivity contribution in [1.29, 1.82) is 0 Å². The molecule has 0 bridgehead atoms. The molecule has 0 fully saturated rings. The number of nitrogens with two attached hydrogens (primary N) is 1. The van der Waals surface area contributed by atoms with E-state index in [9.17, 15) is 20.2 Å². The van der Waals surface area contributed by atoms with E-state index in [1.54, 1.807) is 13.8 Å². The maximum atomic E-state index is 11.3. The molecule has 0 aliphatic heterocycles. The monoisotopic (exact) mass is 338 g/mol. The van der Waals surface area contributed by atoms with Crippen molar-refractivity contribution >= 4 is 11.6 Å². The van der Waals surface area contributed by atoms with Crippen molar-refractivity contribution < 1.29 is 9.85 Å². The Labute approximate surface area is 136 Å². The van der Waals surface area contributed by atoms with Crippen LogP contribution in [0.4, 0.5) is 11.6 Å². The van der Waals surface area contributed by atoms with Gasteiger partial charge in [-0.2, -0.15) is 0 Å². The molecule has 24 heavy (non-hydrogen) atoms. The first-order valence-electron chi connectivity index (χ1n) is 7.24. The Morgan fingerprint density at radius 2 is 1.50 bits per heavy atom. The number of unbranched alkanes of at least 4 members (excludes halogenated alkanes) is 1. The van der Waals surface area contributed by atoms with E-state index in [1.165, 1.54) is 14.5 Å². The van der Waals surface area contributed by atoms with Crippen LogP contribution < -0.4 is 10.9 Å². The number of rotatable bonds is 8. The average Bonchev–Trinajstić information content (AvgIpc) is 3.08. The minimum Gasteiger partial charge on any atom is -0.358 e. The van der Waals surface area contributed by atoms with Crippen LogP contribution in [0.2, 0.25) is 0 Å². The molecule has 0 unspecified atom stereocenters. The van der Waals surface area contributed by atoms with Gasteiger partial charge in [0.1, 0.15) is 12.4 Å². The molecule has 0 atom stereocenters. The molecule has 2 aromatic rings. The first kappa shape index (κ1) is 17.3. The van der Waals surface area contributed by atoms with Gasteiger partial charge in [-0.15, -0.1) is 0 Å². The topological polar surface area (TPSA) is 151 Å². The fraction of sp³-hybridized carbons (Fsp3) is 0.500. The van der Waals surface area contributed by atoms with Crippen molar-refractivity contribution in [1.82, 2.24) is 19.3 Å². The molecule has 2 heterocycles. The summed E-state index contributed by atoms with van der Waals surface area (Å²) >= 11 is 0. The summed E-state index contributed by atoms with van der Waals surface area (Å²) in [5.74, 6) is 0.0824. The van der Waals surface area contributed by atoms with Crippen LogP contribution in [0.3, 0.4) is 0 Å². The number of aromatic nitrogens is 4. The van der Waals surface area contributed by atoms with E-state index in [0.717, 1.165) is 12.4 Å². The molecule has 2 rings (SSSR count). The quantitative estimate of drug-likeness (QED) is 0.418. The van der Waals surface area contributed by atoms with Crippen molar-refractivity contribution in [2.45, 2.75) is 26.7 Å². The van der Waals surface area contributed by atoms with Crippen molar-refractivity contribution in [3.8, 4) is 0 Å². The van der Waals surface area contributed by atoms with E-state index < -0.39 is 9.85 Å². The number of imidazole rings is 2. The zero-order valence-electron chi connectivity index (χ0n) is 13.3. The predicted molar refractivity (Wildman–Crippen MR) is 84.0 cm³/mol. The summed E-state index contributed by atoms with van der Waals surface area (Å²) in [5, 5.41) is 24.0. The minimum absolute atomic E-state index is 0.271. The Morgan fingerprint density at radius 1 is 1.04 bits per heavy atom. The average molecular weight is 338 g/mol. The molecular weight excluding hydrogens is 320 g/mol. The largest absolute Gasteiger partial charge is 0.369 e. The van der Waals surface area contributed by atoms with Crippen LogP contribution in [0.25, 0.3) is 0 Å². The summed E-state index contributed by atoms with van der Waals surface area (Å²) in [5.41, 5.74) is 5.49. The molecule has 0 spiro atoms. The molecule has 130 valence electrons. The third-order valence-corrected chi connectivity index (χ3v) is 3.43. The van der Waals surface area contributed by atoms with Crippen LogP contribution in [0, 0.1) is 34.1 Å². The summed E-state index contributed by atoms with van der Waals surface area (Å²) in [6, 6.07) is 0. The predicted octanol–water partition coefficient (Wildman–Crippen LogP) is 0.653. The SMILES string of the molecule is Cc1ncc([N+](=O)[O-])n1N(CCCCN)n1c([N+](=O)[O-])cnc1C. The highest BCUT2D eigenvalue weighted by atomic mass is 16.6. The number of hydrogen-bond acceptors (Lipinski definition) is 8. The lowest BCUT2D eigenvalue weighted by Crippen LogP contribution is -2.42. The van der Waals surface area contributed by atoms with Crippen LogP contribution in [-0.2, 0) is 0 Å². The third kappa shape index (κ3) is 3.17. The summed E-state index contributed by atoms with van der Waals surface area (Å²) in [6.45, 7) is 3.89. The fourth-order valence-corrected chi connectivity index (χ4v) is 2.36. The second kappa shape index (κ2) is 7.04. The van der Waals surface area contributed by atoms with E-state index in [0.29, 0.717) is 31.0 Å². The molecule has 0 saturated heterocycles. The molecule has 0 amide bonds. The van der Waals surface area contributed by atoms with Gasteiger partial charge < -0.3 is 26.0 Å². The van der Waals surface area contributed by atoms with E-state index in [2.05, 4.69) is 9.97 Å². The molecule has 0 aliphatic carbocycles. The first-order valence-corrected chi connectivity index (χ1v) is 7.24. The minimum atomic E-state index is -0.589. The highest BCUT2D eigenvalue weighted by Crippen LogP contribution is 2.20. The van der Waals surface area contributed by atoms with Crippen molar-refractivity contribution in [2.75, 3.05) is 18.2 Å². The van der Waals surface area contributed by atoms with Crippen molar-refractivity contribution in [3.05, 3.63) is 44.3 Å². The second-order valence-corrected chi connectivity index (χ2v) is 5.06. The second-order valence-electron chi connectivity index (χ2n) is 5.06. The highest BCUT2D eigenvalue weighted by molar-refractivity contribution is 5.27. The van der Waals surface area contributed by atoms with E-state index in [4.69, 9.17) is 5.73 Å². The maximum absolute atomic E-state index is 11.3. The van der Waals surface area contributed by atoms with Crippen molar-refractivity contribution in [3.63, 3.8) is 0 Å². The number of aryl methyl sites for hydroxylation is 2. The van der Waals surface area contributed by atoms with Gasteiger partial charge >= 0.3 is 11.6 Å². The van der Waals surface area contributed by atoms with Crippen molar-refractivity contribution in [2.24, 2.45) is 5.73 Å². The lowest BCUT2D eigenvalue weighted by Gasteiger charge is -2.19. The Hall–Kier alpha value is -3.02. The Balaban J connectivity index is 2.59. The first-order chi connectivity index (χ1) is 11.4. The third-order valence-electron chi connectivity index (χ3n) is 3.43.